The first-order chi connectivity index (χ1) is 9.44. The molecular weight excluding hydrogens is 252 g/mol. The highest BCUT2D eigenvalue weighted by molar-refractivity contribution is 5.53. The molecule has 0 radical (unpaired) electrons. The molecule has 20 heavy (non-hydrogen) atoms. The molecule has 0 fully saturated rings. The van der Waals surface area contributed by atoms with Gasteiger partial charge >= 0.3 is 0 Å². The number of hydrogen-bond donors (Lipinski definition) is 2. The molecule has 0 saturated carbocycles. The van der Waals surface area contributed by atoms with E-state index in [1.54, 1.807) is 12.3 Å². The Morgan fingerprint density at radius 2 is 2.05 bits per heavy atom. The minimum Gasteiger partial charge on any atom is -0.470 e. The molecule has 0 aliphatic heterocycles. The van der Waals surface area contributed by atoms with Gasteiger partial charge in [0.15, 0.2) is 0 Å². The first kappa shape index (κ1) is 14.1. The summed E-state index contributed by atoms with van der Waals surface area (Å²) in [5, 5.41) is 3.23. The van der Waals surface area contributed by atoms with Gasteiger partial charge < -0.3 is 15.8 Å². The van der Waals surface area contributed by atoms with Crippen molar-refractivity contribution in [1.82, 2.24) is 9.97 Å². The SMILES string of the molecule is CC(C)(C)Oc1nc(NCc2cccnc2)ccc1N. The molecule has 2 aromatic heterocycles. The highest BCUT2D eigenvalue weighted by Gasteiger charge is 2.15. The molecule has 5 heteroatoms. The van der Waals surface area contributed by atoms with E-state index in [1.807, 2.05) is 45.2 Å². The number of pyridine rings is 2. The fourth-order valence-corrected chi connectivity index (χ4v) is 1.62. The van der Waals surface area contributed by atoms with Crippen molar-refractivity contribution in [3.05, 3.63) is 42.2 Å². The van der Waals surface area contributed by atoms with E-state index in [0.717, 1.165) is 11.4 Å². The van der Waals surface area contributed by atoms with Crippen molar-refractivity contribution in [2.45, 2.75) is 32.9 Å². The minimum absolute atomic E-state index is 0.330. The van der Waals surface area contributed by atoms with E-state index < -0.39 is 0 Å². The Balaban J connectivity index is 2.07. The number of anilines is 2. The standard InChI is InChI=1S/C15H20N4O/c1-15(2,3)20-14-12(16)6-7-13(19-14)18-10-11-5-4-8-17-9-11/h4-9H,10,16H2,1-3H3,(H,18,19). The minimum atomic E-state index is -0.330. The van der Waals surface area contributed by atoms with Gasteiger partial charge in [0.2, 0.25) is 5.88 Å². The quantitative estimate of drug-likeness (QED) is 0.895. The lowest BCUT2D eigenvalue weighted by Crippen LogP contribution is -2.24. The van der Waals surface area contributed by atoms with Crippen molar-refractivity contribution in [2.75, 3.05) is 11.1 Å². The number of aromatic nitrogens is 2. The van der Waals surface area contributed by atoms with Gasteiger partial charge in [0.25, 0.3) is 0 Å². The van der Waals surface area contributed by atoms with Crippen molar-refractivity contribution >= 4 is 11.5 Å². The normalized spacial score (nSPS) is 11.2. The van der Waals surface area contributed by atoms with Crippen molar-refractivity contribution < 1.29 is 4.74 Å². The third kappa shape index (κ3) is 4.12. The number of nitrogen functional groups attached to an aromatic ring is 1. The van der Waals surface area contributed by atoms with Crippen LogP contribution in [0.2, 0.25) is 0 Å². The fraction of sp³-hybridized carbons (Fsp3) is 0.333. The molecule has 0 aromatic carbocycles. The van der Waals surface area contributed by atoms with Gasteiger partial charge in [0.05, 0.1) is 5.69 Å². The van der Waals surface area contributed by atoms with E-state index in [2.05, 4.69) is 15.3 Å². The van der Waals surface area contributed by atoms with Crippen LogP contribution < -0.4 is 15.8 Å². The van der Waals surface area contributed by atoms with Crippen molar-refractivity contribution in [1.29, 1.82) is 0 Å². The Kier molecular flexibility index (Phi) is 4.08. The van der Waals surface area contributed by atoms with Crippen LogP contribution in [0.3, 0.4) is 0 Å². The van der Waals surface area contributed by atoms with E-state index in [0.29, 0.717) is 18.1 Å². The average Bonchev–Trinajstić information content (AvgIpc) is 2.39. The Morgan fingerprint density at radius 1 is 1.25 bits per heavy atom. The Bertz CT molecular complexity index is 564. The molecule has 0 aliphatic carbocycles. The lowest BCUT2D eigenvalue weighted by molar-refractivity contribution is 0.125. The highest BCUT2D eigenvalue weighted by Crippen LogP contribution is 2.25. The zero-order valence-corrected chi connectivity index (χ0v) is 12.1. The summed E-state index contributed by atoms with van der Waals surface area (Å²) in [6.45, 7) is 6.54. The van der Waals surface area contributed by atoms with Crippen LogP contribution in [0.5, 0.6) is 5.88 Å². The van der Waals surface area contributed by atoms with Gasteiger partial charge in [-0.15, -0.1) is 0 Å². The summed E-state index contributed by atoms with van der Waals surface area (Å²) < 4.78 is 5.74. The van der Waals surface area contributed by atoms with Gasteiger partial charge in [0, 0.05) is 18.9 Å². The number of ether oxygens (including phenoxy) is 1. The Morgan fingerprint density at radius 3 is 2.70 bits per heavy atom. The molecule has 5 nitrogen and oxygen atoms in total. The second-order valence-electron chi connectivity index (χ2n) is 5.52. The molecule has 0 spiro atoms. The lowest BCUT2D eigenvalue weighted by atomic mass is 10.2. The number of nitrogens with two attached hydrogens (primary N) is 1. The zero-order chi connectivity index (χ0) is 14.6. The molecule has 2 aromatic rings. The molecule has 2 rings (SSSR count). The van der Waals surface area contributed by atoms with Crippen molar-refractivity contribution in [3.63, 3.8) is 0 Å². The lowest BCUT2D eigenvalue weighted by Gasteiger charge is -2.21. The molecule has 0 bridgehead atoms. The smallest absolute Gasteiger partial charge is 0.239 e. The fourth-order valence-electron chi connectivity index (χ4n) is 1.62. The summed E-state index contributed by atoms with van der Waals surface area (Å²) in [4.78, 5) is 8.47. The van der Waals surface area contributed by atoms with E-state index in [1.165, 1.54) is 0 Å². The van der Waals surface area contributed by atoms with Crippen LogP contribution in [-0.2, 0) is 6.54 Å². The molecule has 0 saturated heterocycles. The van der Waals surface area contributed by atoms with Gasteiger partial charge in [-0.05, 0) is 44.5 Å². The second kappa shape index (κ2) is 5.77. The molecule has 0 atom stereocenters. The Hall–Kier alpha value is -2.30. The first-order valence-corrected chi connectivity index (χ1v) is 6.52. The van der Waals surface area contributed by atoms with E-state index in [-0.39, 0.29) is 5.60 Å². The number of rotatable bonds is 4. The highest BCUT2D eigenvalue weighted by atomic mass is 16.5. The third-order valence-corrected chi connectivity index (χ3v) is 2.49. The topological polar surface area (TPSA) is 73.1 Å². The maximum atomic E-state index is 5.88. The van der Waals surface area contributed by atoms with E-state index in [4.69, 9.17) is 10.5 Å². The second-order valence-corrected chi connectivity index (χ2v) is 5.52. The largest absolute Gasteiger partial charge is 0.470 e. The maximum Gasteiger partial charge on any atom is 0.239 e. The van der Waals surface area contributed by atoms with Crippen LogP contribution in [0.25, 0.3) is 0 Å². The summed E-state index contributed by atoms with van der Waals surface area (Å²) in [5.74, 6) is 1.18. The van der Waals surface area contributed by atoms with Crippen LogP contribution in [0, 0.1) is 0 Å². The van der Waals surface area contributed by atoms with Crippen LogP contribution >= 0.6 is 0 Å². The Labute approximate surface area is 119 Å². The molecule has 0 unspecified atom stereocenters. The summed E-state index contributed by atoms with van der Waals surface area (Å²) in [6.07, 6.45) is 3.57. The molecule has 0 aliphatic rings. The number of nitrogens with zero attached hydrogens (tertiary/aromatic N) is 2. The third-order valence-electron chi connectivity index (χ3n) is 2.49. The average molecular weight is 272 g/mol. The van der Waals surface area contributed by atoms with Crippen molar-refractivity contribution in [3.8, 4) is 5.88 Å². The molecule has 0 amide bonds. The summed E-state index contributed by atoms with van der Waals surface area (Å²) in [7, 11) is 0. The van der Waals surface area contributed by atoms with Crippen molar-refractivity contribution in [2.24, 2.45) is 0 Å². The van der Waals surface area contributed by atoms with Gasteiger partial charge in [-0.2, -0.15) is 4.98 Å². The van der Waals surface area contributed by atoms with E-state index in [9.17, 15) is 0 Å². The molecule has 106 valence electrons. The number of hydrogen-bond acceptors (Lipinski definition) is 5. The predicted molar refractivity (Wildman–Crippen MR) is 80.6 cm³/mol. The number of nitrogens with one attached hydrogen (secondary N) is 1. The maximum absolute atomic E-state index is 5.88. The van der Waals surface area contributed by atoms with Crippen LogP contribution in [0.4, 0.5) is 11.5 Å². The van der Waals surface area contributed by atoms with Crippen LogP contribution in [0.1, 0.15) is 26.3 Å². The predicted octanol–water partition coefficient (Wildman–Crippen LogP) is 2.85. The van der Waals surface area contributed by atoms with Crippen LogP contribution in [0.15, 0.2) is 36.7 Å². The van der Waals surface area contributed by atoms with Crippen LogP contribution in [-0.4, -0.2) is 15.6 Å². The monoisotopic (exact) mass is 272 g/mol. The summed E-state index contributed by atoms with van der Waals surface area (Å²) in [5.41, 5.74) is 7.17. The first-order valence-electron chi connectivity index (χ1n) is 6.52. The molecule has 2 heterocycles. The van der Waals surface area contributed by atoms with Gasteiger partial charge in [-0.1, -0.05) is 6.07 Å². The van der Waals surface area contributed by atoms with Gasteiger partial charge in [-0.25, -0.2) is 0 Å². The zero-order valence-electron chi connectivity index (χ0n) is 12.1. The van der Waals surface area contributed by atoms with Gasteiger partial charge in [-0.3, -0.25) is 4.98 Å². The molecular formula is C15H20N4O. The van der Waals surface area contributed by atoms with E-state index >= 15 is 0 Å². The molecule has 3 N–H and O–H groups in total. The summed E-state index contributed by atoms with van der Waals surface area (Å²) in [6, 6.07) is 7.53. The summed E-state index contributed by atoms with van der Waals surface area (Å²) >= 11 is 0. The van der Waals surface area contributed by atoms with Gasteiger partial charge in [0.1, 0.15) is 11.4 Å².